The summed E-state index contributed by atoms with van der Waals surface area (Å²) in [7, 11) is 0. The molecule has 2 aromatic carbocycles. The van der Waals surface area contributed by atoms with Crippen molar-refractivity contribution in [3.8, 4) is 17.1 Å². The second kappa shape index (κ2) is 10.00. The highest BCUT2D eigenvalue weighted by Gasteiger charge is 2.26. The zero-order chi connectivity index (χ0) is 22.3. The first kappa shape index (κ1) is 21.4. The molecule has 162 valence electrons. The van der Waals surface area contributed by atoms with Crippen LogP contribution in [-0.4, -0.2) is 43.1 Å². The molecule has 2 heterocycles. The lowest BCUT2D eigenvalue weighted by molar-refractivity contribution is -0.148. The standard InChI is InChI=1S/C25H24N4O3/c30-23(25(31)32)22(16-18-8-3-1-4-9-18)27-17-20-12-7-14-26-24(20)29-15-13-21(28-29)19-10-5-2-6-11-19/h1-15,22-23,27,30H,16-17H2,(H,31,32). The minimum absolute atomic E-state index is 0.325. The maximum Gasteiger partial charge on any atom is 0.334 e. The molecular formula is C25H24N4O3. The number of benzene rings is 2. The number of carbonyl (C=O) groups is 1. The summed E-state index contributed by atoms with van der Waals surface area (Å²) < 4.78 is 1.71. The zero-order valence-corrected chi connectivity index (χ0v) is 17.4. The Hall–Kier alpha value is -3.81. The number of pyridine rings is 1. The first-order valence-electron chi connectivity index (χ1n) is 10.4. The van der Waals surface area contributed by atoms with Crippen LogP contribution >= 0.6 is 0 Å². The molecule has 0 aliphatic carbocycles. The molecule has 4 aromatic rings. The number of carboxylic acids is 1. The quantitative estimate of drug-likeness (QED) is 0.379. The van der Waals surface area contributed by atoms with Gasteiger partial charge in [0.2, 0.25) is 0 Å². The lowest BCUT2D eigenvalue weighted by atomic mass is 10.0. The molecule has 4 rings (SSSR count). The van der Waals surface area contributed by atoms with E-state index in [-0.39, 0.29) is 0 Å². The van der Waals surface area contributed by atoms with Crippen LogP contribution in [0.25, 0.3) is 17.1 Å². The van der Waals surface area contributed by atoms with Crippen LogP contribution in [0.2, 0.25) is 0 Å². The number of aromatic nitrogens is 3. The first-order chi connectivity index (χ1) is 15.6. The lowest BCUT2D eigenvalue weighted by Gasteiger charge is -2.22. The second-order valence-electron chi connectivity index (χ2n) is 7.46. The number of rotatable bonds is 9. The number of hydrogen-bond donors (Lipinski definition) is 3. The third-order valence-corrected chi connectivity index (χ3v) is 5.23. The van der Waals surface area contributed by atoms with Crippen molar-refractivity contribution in [2.24, 2.45) is 0 Å². The van der Waals surface area contributed by atoms with Gasteiger partial charge in [-0.2, -0.15) is 5.10 Å². The molecule has 0 fully saturated rings. The van der Waals surface area contributed by atoms with Crippen LogP contribution in [0.4, 0.5) is 0 Å². The fourth-order valence-corrected chi connectivity index (χ4v) is 3.56. The molecule has 0 aliphatic rings. The highest BCUT2D eigenvalue weighted by Crippen LogP contribution is 2.19. The Labute approximate surface area is 186 Å². The third kappa shape index (κ3) is 5.08. The first-order valence-corrected chi connectivity index (χ1v) is 10.4. The summed E-state index contributed by atoms with van der Waals surface area (Å²) >= 11 is 0. The summed E-state index contributed by atoms with van der Waals surface area (Å²) in [6.45, 7) is 0.325. The van der Waals surface area contributed by atoms with E-state index in [1.165, 1.54) is 0 Å². The molecule has 0 saturated carbocycles. The highest BCUT2D eigenvalue weighted by atomic mass is 16.4. The van der Waals surface area contributed by atoms with Gasteiger partial charge in [-0.3, -0.25) is 0 Å². The van der Waals surface area contributed by atoms with E-state index in [2.05, 4.69) is 15.4 Å². The van der Waals surface area contributed by atoms with Gasteiger partial charge in [0.25, 0.3) is 0 Å². The molecule has 0 amide bonds. The Bertz CT molecular complexity index is 1160. The van der Waals surface area contributed by atoms with Crippen molar-refractivity contribution in [1.82, 2.24) is 20.1 Å². The third-order valence-electron chi connectivity index (χ3n) is 5.23. The van der Waals surface area contributed by atoms with Crippen LogP contribution in [0.15, 0.2) is 91.3 Å². The molecule has 2 aromatic heterocycles. The summed E-state index contributed by atoms with van der Waals surface area (Å²) in [5.41, 5.74) is 3.62. The molecule has 0 aliphatic heterocycles. The molecule has 2 atom stereocenters. The van der Waals surface area contributed by atoms with E-state index in [0.717, 1.165) is 22.4 Å². The summed E-state index contributed by atoms with van der Waals surface area (Å²) in [4.78, 5) is 15.9. The van der Waals surface area contributed by atoms with Crippen molar-refractivity contribution in [2.45, 2.75) is 25.1 Å². The Balaban J connectivity index is 1.54. The van der Waals surface area contributed by atoms with Crippen molar-refractivity contribution in [1.29, 1.82) is 0 Å². The fourth-order valence-electron chi connectivity index (χ4n) is 3.56. The lowest BCUT2D eigenvalue weighted by Crippen LogP contribution is -2.45. The van der Waals surface area contributed by atoms with E-state index in [1.54, 1.807) is 10.9 Å². The Morgan fingerprint density at radius 2 is 1.69 bits per heavy atom. The molecule has 0 radical (unpaired) electrons. The monoisotopic (exact) mass is 428 g/mol. The van der Waals surface area contributed by atoms with E-state index < -0.39 is 18.1 Å². The number of aliphatic hydroxyl groups excluding tert-OH is 1. The number of hydrogen-bond acceptors (Lipinski definition) is 5. The molecule has 3 N–H and O–H groups in total. The molecule has 0 spiro atoms. The van der Waals surface area contributed by atoms with Crippen LogP contribution in [0.1, 0.15) is 11.1 Å². The fraction of sp³-hybridized carbons (Fsp3) is 0.160. The van der Waals surface area contributed by atoms with Gasteiger partial charge in [-0.25, -0.2) is 14.5 Å². The average molecular weight is 428 g/mol. The van der Waals surface area contributed by atoms with Gasteiger partial charge < -0.3 is 15.5 Å². The summed E-state index contributed by atoms with van der Waals surface area (Å²) in [5, 5.41) is 27.5. The van der Waals surface area contributed by atoms with Gasteiger partial charge in [0.05, 0.1) is 5.69 Å². The average Bonchev–Trinajstić information content (AvgIpc) is 3.33. The van der Waals surface area contributed by atoms with Crippen molar-refractivity contribution in [3.05, 3.63) is 102 Å². The van der Waals surface area contributed by atoms with Gasteiger partial charge >= 0.3 is 5.97 Å². The Morgan fingerprint density at radius 1 is 0.969 bits per heavy atom. The van der Waals surface area contributed by atoms with E-state index in [9.17, 15) is 15.0 Å². The topological polar surface area (TPSA) is 100 Å². The van der Waals surface area contributed by atoms with Crippen LogP contribution in [-0.2, 0) is 17.8 Å². The molecule has 7 heteroatoms. The van der Waals surface area contributed by atoms with Crippen molar-refractivity contribution < 1.29 is 15.0 Å². The maximum atomic E-state index is 11.5. The van der Waals surface area contributed by atoms with Gasteiger partial charge in [-0.05, 0) is 24.1 Å². The van der Waals surface area contributed by atoms with Crippen LogP contribution in [0.3, 0.4) is 0 Å². The molecule has 32 heavy (non-hydrogen) atoms. The minimum atomic E-state index is -1.54. The smallest absolute Gasteiger partial charge is 0.334 e. The summed E-state index contributed by atoms with van der Waals surface area (Å²) in [6, 6.07) is 24.4. The Morgan fingerprint density at radius 3 is 2.41 bits per heavy atom. The molecular weight excluding hydrogens is 404 g/mol. The van der Waals surface area contributed by atoms with E-state index in [4.69, 9.17) is 0 Å². The van der Waals surface area contributed by atoms with E-state index in [1.807, 2.05) is 85.1 Å². The van der Waals surface area contributed by atoms with Crippen LogP contribution < -0.4 is 5.32 Å². The van der Waals surface area contributed by atoms with Crippen molar-refractivity contribution in [3.63, 3.8) is 0 Å². The van der Waals surface area contributed by atoms with Gasteiger partial charge in [-0.1, -0.05) is 66.7 Å². The highest BCUT2D eigenvalue weighted by molar-refractivity contribution is 5.73. The van der Waals surface area contributed by atoms with Gasteiger partial charge in [0.15, 0.2) is 11.9 Å². The number of nitrogens with one attached hydrogen (secondary N) is 1. The van der Waals surface area contributed by atoms with Gasteiger partial charge in [0, 0.05) is 36.1 Å². The molecule has 2 unspecified atom stereocenters. The largest absolute Gasteiger partial charge is 0.479 e. The predicted octanol–water partition coefficient (Wildman–Crippen LogP) is 3.08. The minimum Gasteiger partial charge on any atom is -0.479 e. The van der Waals surface area contributed by atoms with E-state index in [0.29, 0.717) is 18.8 Å². The second-order valence-corrected chi connectivity index (χ2v) is 7.46. The number of aliphatic hydroxyl groups is 1. The number of carboxylic acid groups (broad SMARTS) is 1. The molecule has 0 saturated heterocycles. The van der Waals surface area contributed by atoms with Gasteiger partial charge in [0.1, 0.15) is 0 Å². The van der Waals surface area contributed by atoms with Crippen LogP contribution in [0, 0.1) is 0 Å². The van der Waals surface area contributed by atoms with E-state index >= 15 is 0 Å². The predicted molar refractivity (Wildman–Crippen MR) is 121 cm³/mol. The number of nitrogens with zero attached hydrogens (tertiary/aromatic N) is 3. The van der Waals surface area contributed by atoms with Crippen LogP contribution in [0.5, 0.6) is 0 Å². The summed E-state index contributed by atoms with van der Waals surface area (Å²) in [5.74, 6) is -0.616. The zero-order valence-electron chi connectivity index (χ0n) is 17.4. The van der Waals surface area contributed by atoms with Gasteiger partial charge in [-0.15, -0.1) is 0 Å². The molecule has 0 bridgehead atoms. The maximum absolute atomic E-state index is 11.5. The SMILES string of the molecule is O=C(O)C(O)C(Cc1ccccc1)NCc1cccnc1-n1ccc(-c2ccccc2)n1. The Kier molecular flexibility index (Phi) is 6.69. The number of aliphatic carboxylic acids is 1. The van der Waals surface area contributed by atoms with Crippen molar-refractivity contribution in [2.75, 3.05) is 0 Å². The van der Waals surface area contributed by atoms with Crippen molar-refractivity contribution >= 4 is 5.97 Å². The molecule has 7 nitrogen and oxygen atoms in total. The normalized spacial score (nSPS) is 12.9. The summed E-state index contributed by atoms with van der Waals surface area (Å²) in [6.07, 6.45) is 2.38.